The predicted molar refractivity (Wildman–Crippen MR) is 51.4 cm³/mol. The van der Waals surface area contributed by atoms with Gasteiger partial charge in [0.1, 0.15) is 5.76 Å². The molecule has 1 atom stereocenters. The third kappa shape index (κ3) is 2.11. The Morgan fingerprint density at radius 3 is 3.31 bits per heavy atom. The zero-order chi connectivity index (χ0) is 9.10. The highest BCUT2D eigenvalue weighted by molar-refractivity contribution is 4.98. The molecule has 0 aromatic carbocycles. The second-order valence-electron chi connectivity index (χ2n) is 3.60. The van der Waals surface area contributed by atoms with Crippen LogP contribution in [-0.2, 0) is 6.54 Å². The molecule has 1 fully saturated rings. The van der Waals surface area contributed by atoms with Crippen molar-refractivity contribution in [3.8, 4) is 0 Å². The van der Waals surface area contributed by atoms with Crippen LogP contribution in [0.25, 0.3) is 0 Å². The first-order valence-corrected chi connectivity index (χ1v) is 4.83. The van der Waals surface area contributed by atoms with E-state index in [0.29, 0.717) is 6.04 Å². The van der Waals surface area contributed by atoms with Gasteiger partial charge in [0, 0.05) is 25.7 Å². The lowest BCUT2D eigenvalue weighted by molar-refractivity contribution is 0.154. The molecule has 1 aliphatic heterocycles. The molecule has 0 saturated carbocycles. The monoisotopic (exact) mass is 180 g/mol. The topological polar surface area (TPSA) is 28.4 Å². The zero-order valence-electron chi connectivity index (χ0n) is 7.99. The number of piperazine rings is 1. The largest absolute Gasteiger partial charge is 0.468 e. The standard InChI is InChI=1S/C10H16N2O/c1-9-7-11-4-5-12(9)8-10-3-2-6-13-10/h2-3,6,9,11H,4-5,7-8H2,1H3/t9-/m0/s1. The maximum absolute atomic E-state index is 5.32. The summed E-state index contributed by atoms with van der Waals surface area (Å²) in [5.74, 6) is 1.06. The van der Waals surface area contributed by atoms with Gasteiger partial charge in [0.15, 0.2) is 0 Å². The number of nitrogens with one attached hydrogen (secondary N) is 1. The van der Waals surface area contributed by atoms with E-state index in [0.717, 1.165) is 31.9 Å². The van der Waals surface area contributed by atoms with E-state index in [4.69, 9.17) is 4.42 Å². The molecular weight excluding hydrogens is 164 g/mol. The molecule has 0 radical (unpaired) electrons. The Bertz CT molecular complexity index is 245. The van der Waals surface area contributed by atoms with Crippen molar-refractivity contribution in [2.24, 2.45) is 0 Å². The minimum atomic E-state index is 0.610. The molecule has 2 rings (SSSR count). The lowest BCUT2D eigenvalue weighted by atomic mass is 10.2. The Kier molecular flexibility index (Phi) is 2.66. The molecule has 0 unspecified atom stereocenters. The number of furan rings is 1. The first-order valence-electron chi connectivity index (χ1n) is 4.83. The number of hydrogen-bond acceptors (Lipinski definition) is 3. The molecule has 13 heavy (non-hydrogen) atoms. The van der Waals surface area contributed by atoms with Gasteiger partial charge in [-0.2, -0.15) is 0 Å². The molecule has 0 amide bonds. The molecule has 0 aliphatic carbocycles. The fourth-order valence-corrected chi connectivity index (χ4v) is 1.72. The van der Waals surface area contributed by atoms with Crippen molar-refractivity contribution in [2.75, 3.05) is 19.6 Å². The van der Waals surface area contributed by atoms with Crippen molar-refractivity contribution in [3.63, 3.8) is 0 Å². The fourth-order valence-electron chi connectivity index (χ4n) is 1.72. The summed E-state index contributed by atoms with van der Waals surface area (Å²) in [4.78, 5) is 2.44. The highest BCUT2D eigenvalue weighted by Gasteiger charge is 2.18. The van der Waals surface area contributed by atoms with Crippen molar-refractivity contribution in [1.29, 1.82) is 0 Å². The summed E-state index contributed by atoms with van der Waals surface area (Å²) in [5.41, 5.74) is 0. The Labute approximate surface area is 78.7 Å². The van der Waals surface area contributed by atoms with Crippen LogP contribution >= 0.6 is 0 Å². The van der Waals surface area contributed by atoms with Crippen LogP contribution in [0.5, 0.6) is 0 Å². The molecule has 1 aromatic rings. The Balaban J connectivity index is 1.93. The number of rotatable bonds is 2. The van der Waals surface area contributed by atoms with Gasteiger partial charge in [0.2, 0.25) is 0 Å². The molecule has 0 spiro atoms. The minimum absolute atomic E-state index is 0.610. The molecule has 1 N–H and O–H groups in total. The van der Waals surface area contributed by atoms with Crippen LogP contribution in [-0.4, -0.2) is 30.6 Å². The van der Waals surface area contributed by atoms with E-state index in [1.807, 2.05) is 12.1 Å². The van der Waals surface area contributed by atoms with E-state index >= 15 is 0 Å². The van der Waals surface area contributed by atoms with Crippen LogP contribution in [0.3, 0.4) is 0 Å². The Hall–Kier alpha value is -0.800. The van der Waals surface area contributed by atoms with E-state index in [2.05, 4.69) is 17.1 Å². The van der Waals surface area contributed by atoms with Crippen LogP contribution < -0.4 is 5.32 Å². The molecule has 3 heteroatoms. The van der Waals surface area contributed by atoms with Crippen molar-refractivity contribution in [1.82, 2.24) is 10.2 Å². The maximum atomic E-state index is 5.32. The van der Waals surface area contributed by atoms with Crippen molar-refractivity contribution >= 4 is 0 Å². The third-order valence-electron chi connectivity index (χ3n) is 2.58. The van der Waals surface area contributed by atoms with Gasteiger partial charge in [-0.15, -0.1) is 0 Å². The Morgan fingerprint density at radius 1 is 1.69 bits per heavy atom. The maximum Gasteiger partial charge on any atom is 0.117 e. The lowest BCUT2D eigenvalue weighted by Gasteiger charge is -2.33. The van der Waals surface area contributed by atoms with E-state index in [1.165, 1.54) is 0 Å². The third-order valence-corrected chi connectivity index (χ3v) is 2.58. The summed E-state index contributed by atoms with van der Waals surface area (Å²) < 4.78 is 5.32. The van der Waals surface area contributed by atoms with Crippen LogP contribution in [0, 0.1) is 0 Å². The summed E-state index contributed by atoms with van der Waals surface area (Å²) in [6.07, 6.45) is 1.74. The minimum Gasteiger partial charge on any atom is -0.468 e. The quantitative estimate of drug-likeness (QED) is 0.738. The van der Waals surface area contributed by atoms with Crippen LogP contribution in [0.4, 0.5) is 0 Å². The predicted octanol–water partition coefficient (Wildman–Crippen LogP) is 1.07. The second kappa shape index (κ2) is 3.94. The van der Waals surface area contributed by atoms with Crippen LogP contribution in [0.1, 0.15) is 12.7 Å². The average Bonchev–Trinajstić information content (AvgIpc) is 2.61. The van der Waals surface area contributed by atoms with Crippen molar-refractivity contribution < 1.29 is 4.42 Å². The molecule has 1 aliphatic rings. The van der Waals surface area contributed by atoms with Gasteiger partial charge in [0.25, 0.3) is 0 Å². The van der Waals surface area contributed by atoms with Gasteiger partial charge >= 0.3 is 0 Å². The summed E-state index contributed by atoms with van der Waals surface area (Å²) in [7, 11) is 0. The summed E-state index contributed by atoms with van der Waals surface area (Å²) >= 11 is 0. The van der Waals surface area contributed by atoms with E-state index < -0.39 is 0 Å². The fraction of sp³-hybridized carbons (Fsp3) is 0.600. The van der Waals surface area contributed by atoms with E-state index in [9.17, 15) is 0 Å². The van der Waals surface area contributed by atoms with Crippen molar-refractivity contribution in [2.45, 2.75) is 19.5 Å². The van der Waals surface area contributed by atoms with Gasteiger partial charge in [-0.3, -0.25) is 4.90 Å². The van der Waals surface area contributed by atoms with Gasteiger partial charge in [0.05, 0.1) is 12.8 Å². The van der Waals surface area contributed by atoms with E-state index in [1.54, 1.807) is 6.26 Å². The summed E-state index contributed by atoms with van der Waals surface area (Å²) in [6.45, 7) is 6.47. The van der Waals surface area contributed by atoms with Crippen LogP contribution in [0.15, 0.2) is 22.8 Å². The van der Waals surface area contributed by atoms with Gasteiger partial charge in [-0.25, -0.2) is 0 Å². The first-order chi connectivity index (χ1) is 6.36. The smallest absolute Gasteiger partial charge is 0.117 e. The summed E-state index contributed by atoms with van der Waals surface area (Å²) in [6, 6.07) is 4.59. The molecule has 2 heterocycles. The molecular formula is C10H16N2O. The summed E-state index contributed by atoms with van der Waals surface area (Å²) in [5, 5.41) is 3.37. The van der Waals surface area contributed by atoms with Gasteiger partial charge in [-0.05, 0) is 19.1 Å². The second-order valence-corrected chi connectivity index (χ2v) is 3.60. The molecule has 72 valence electrons. The van der Waals surface area contributed by atoms with Gasteiger partial charge < -0.3 is 9.73 Å². The molecule has 0 bridgehead atoms. The zero-order valence-corrected chi connectivity index (χ0v) is 7.99. The van der Waals surface area contributed by atoms with Crippen LogP contribution in [0.2, 0.25) is 0 Å². The normalized spacial score (nSPS) is 24.8. The SMILES string of the molecule is C[C@H]1CNCCN1Cc1ccco1. The lowest BCUT2D eigenvalue weighted by Crippen LogP contribution is -2.49. The Morgan fingerprint density at radius 2 is 2.62 bits per heavy atom. The highest BCUT2D eigenvalue weighted by Crippen LogP contribution is 2.09. The first kappa shape index (κ1) is 8.78. The number of nitrogens with zero attached hydrogens (tertiary/aromatic N) is 1. The number of hydrogen-bond donors (Lipinski definition) is 1. The average molecular weight is 180 g/mol. The molecule has 1 aromatic heterocycles. The molecule has 1 saturated heterocycles. The highest BCUT2D eigenvalue weighted by atomic mass is 16.3. The van der Waals surface area contributed by atoms with Crippen molar-refractivity contribution in [3.05, 3.63) is 24.2 Å². The van der Waals surface area contributed by atoms with Gasteiger partial charge in [-0.1, -0.05) is 0 Å². The van der Waals surface area contributed by atoms with E-state index in [-0.39, 0.29) is 0 Å². The molecule has 3 nitrogen and oxygen atoms in total.